The summed E-state index contributed by atoms with van der Waals surface area (Å²) >= 11 is 0. The third-order valence-corrected chi connectivity index (χ3v) is 10.9. The predicted octanol–water partition coefficient (Wildman–Crippen LogP) is 8.38. The highest BCUT2D eigenvalue weighted by Gasteiger charge is 2.67. The molecule has 0 aromatic heterocycles. The molecule has 0 saturated carbocycles. The fourth-order valence-corrected chi connectivity index (χ4v) is 8.75. The van der Waals surface area contributed by atoms with Gasteiger partial charge in [-0.3, -0.25) is 0 Å². The fourth-order valence-electron chi connectivity index (χ4n) is 4.88. The third kappa shape index (κ3) is 2.82. The van der Waals surface area contributed by atoms with Crippen molar-refractivity contribution in [3.8, 4) is 0 Å². The smallest absolute Gasteiger partial charge is 0.0468 e. The minimum absolute atomic E-state index is 0.269. The SMILES string of the molecule is CC.CC.CC.CS1(C)C2(C=Cc3ccccc32)CC12C=Cc1ccccc12. The first-order valence-electron chi connectivity index (χ1n) is 10.9. The molecular weight excluding hydrogens is 356 g/mol. The van der Waals surface area contributed by atoms with Gasteiger partial charge in [0.1, 0.15) is 0 Å². The van der Waals surface area contributed by atoms with Crippen LogP contribution in [0.15, 0.2) is 60.7 Å². The Balaban J connectivity index is 0.000000430. The van der Waals surface area contributed by atoms with Gasteiger partial charge < -0.3 is 0 Å². The Morgan fingerprint density at radius 2 is 0.964 bits per heavy atom. The molecule has 1 saturated heterocycles. The lowest BCUT2D eigenvalue weighted by Gasteiger charge is -2.70. The summed E-state index contributed by atoms with van der Waals surface area (Å²) in [6.45, 7) is 12.0. The summed E-state index contributed by atoms with van der Waals surface area (Å²) in [7, 11) is -0.862. The Bertz CT molecular complexity index is 789. The number of rotatable bonds is 0. The Morgan fingerprint density at radius 3 is 1.32 bits per heavy atom. The second kappa shape index (κ2) is 8.74. The van der Waals surface area contributed by atoms with Crippen LogP contribution in [0.25, 0.3) is 12.2 Å². The molecule has 2 aromatic carbocycles. The molecule has 5 rings (SSSR count). The maximum absolute atomic E-state index is 2.54. The molecule has 2 aliphatic carbocycles. The predicted molar refractivity (Wildman–Crippen MR) is 132 cm³/mol. The summed E-state index contributed by atoms with van der Waals surface area (Å²) in [5.41, 5.74) is 5.96. The lowest BCUT2D eigenvalue weighted by Crippen LogP contribution is -2.54. The zero-order valence-corrected chi connectivity index (χ0v) is 19.9. The van der Waals surface area contributed by atoms with Crippen LogP contribution in [0, 0.1) is 0 Å². The van der Waals surface area contributed by atoms with Gasteiger partial charge in [0.05, 0.1) is 0 Å². The summed E-state index contributed by atoms with van der Waals surface area (Å²) in [6.07, 6.45) is 16.0. The van der Waals surface area contributed by atoms with Crippen molar-refractivity contribution in [3.05, 3.63) is 82.9 Å². The molecule has 28 heavy (non-hydrogen) atoms. The van der Waals surface area contributed by atoms with Crippen molar-refractivity contribution in [2.75, 3.05) is 12.5 Å². The van der Waals surface area contributed by atoms with E-state index in [4.69, 9.17) is 0 Å². The van der Waals surface area contributed by atoms with Crippen LogP contribution in [0.4, 0.5) is 0 Å². The Labute approximate surface area is 175 Å². The van der Waals surface area contributed by atoms with Gasteiger partial charge in [0.25, 0.3) is 0 Å². The van der Waals surface area contributed by atoms with Gasteiger partial charge in [0, 0.05) is 9.49 Å². The zero-order valence-electron chi connectivity index (χ0n) is 19.0. The van der Waals surface area contributed by atoms with E-state index in [0.29, 0.717) is 0 Å². The van der Waals surface area contributed by atoms with Gasteiger partial charge in [-0.25, -0.2) is 10.0 Å². The van der Waals surface area contributed by atoms with E-state index in [9.17, 15) is 0 Å². The normalized spacial score (nSPS) is 27.1. The molecule has 0 nitrogen and oxygen atoms in total. The van der Waals surface area contributed by atoms with Gasteiger partial charge in [0.15, 0.2) is 0 Å². The molecule has 3 aliphatic rings. The molecule has 0 amide bonds. The summed E-state index contributed by atoms with van der Waals surface area (Å²) in [4.78, 5) is 0. The van der Waals surface area contributed by atoms with E-state index in [2.05, 4.69) is 85.3 Å². The van der Waals surface area contributed by atoms with Gasteiger partial charge in [-0.05, 0) is 41.2 Å². The lowest BCUT2D eigenvalue weighted by atomic mass is 9.83. The fraction of sp³-hybridized carbons (Fsp3) is 0.407. The van der Waals surface area contributed by atoms with Gasteiger partial charge in [-0.1, -0.05) is 114 Å². The molecule has 2 unspecified atom stereocenters. The highest BCUT2D eigenvalue weighted by atomic mass is 32.3. The van der Waals surface area contributed by atoms with Gasteiger partial charge >= 0.3 is 0 Å². The first-order chi connectivity index (χ1) is 13.6. The van der Waals surface area contributed by atoms with E-state index in [-0.39, 0.29) is 9.49 Å². The minimum atomic E-state index is -0.862. The van der Waals surface area contributed by atoms with Crippen molar-refractivity contribution >= 4 is 22.2 Å². The summed E-state index contributed by atoms with van der Waals surface area (Å²) < 4.78 is 0.538. The van der Waals surface area contributed by atoms with Crippen molar-refractivity contribution < 1.29 is 0 Å². The lowest BCUT2D eigenvalue weighted by molar-refractivity contribution is 0.512. The molecule has 1 heteroatoms. The van der Waals surface area contributed by atoms with Crippen LogP contribution in [0.1, 0.15) is 70.2 Å². The monoisotopic (exact) mass is 394 g/mol. The molecule has 2 spiro atoms. The topological polar surface area (TPSA) is 0 Å². The van der Waals surface area contributed by atoms with E-state index in [1.807, 2.05) is 41.5 Å². The molecule has 1 fully saturated rings. The number of fused-ring (bicyclic) bond motifs is 4. The van der Waals surface area contributed by atoms with Crippen LogP contribution < -0.4 is 0 Å². The first kappa shape index (κ1) is 22.6. The largest absolute Gasteiger partial charge is 0.221 e. The summed E-state index contributed by atoms with van der Waals surface area (Å²) in [5, 5.41) is 0. The number of hydrogen-bond donors (Lipinski definition) is 0. The number of hydrogen-bond acceptors (Lipinski definition) is 0. The standard InChI is InChI=1S/C21H20S.3C2H6/c1-22(2)20(13-11-16-7-3-5-9-18(16)20)15-21(22)14-12-17-8-4-6-10-19(17)21;3*1-2/h3-14H,15H2,1-2H3;3*1-2H3. The highest BCUT2D eigenvalue weighted by molar-refractivity contribution is 8.35. The van der Waals surface area contributed by atoms with Crippen LogP contribution in [-0.2, 0) is 9.49 Å². The highest BCUT2D eigenvalue weighted by Crippen LogP contribution is 2.86. The van der Waals surface area contributed by atoms with Crippen LogP contribution in [-0.4, -0.2) is 12.5 Å². The van der Waals surface area contributed by atoms with E-state index in [1.165, 1.54) is 17.5 Å². The van der Waals surface area contributed by atoms with Crippen LogP contribution in [0.3, 0.4) is 0 Å². The quantitative estimate of drug-likeness (QED) is 0.421. The van der Waals surface area contributed by atoms with Crippen LogP contribution >= 0.6 is 10.0 Å². The average molecular weight is 395 g/mol. The molecule has 1 aliphatic heterocycles. The molecule has 2 aromatic rings. The van der Waals surface area contributed by atoms with Gasteiger partial charge in [0.2, 0.25) is 0 Å². The molecule has 2 atom stereocenters. The summed E-state index contributed by atoms with van der Waals surface area (Å²) in [5.74, 6) is 0. The zero-order chi connectivity index (χ0) is 21.0. The molecule has 0 radical (unpaired) electrons. The third-order valence-electron chi connectivity index (χ3n) is 6.24. The second-order valence-electron chi connectivity index (χ2n) is 7.12. The molecule has 0 bridgehead atoms. The Morgan fingerprint density at radius 1 is 0.607 bits per heavy atom. The first-order valence-corrected chi connectivity index (χ1v) is 13.4. The molecule has 1 heterocycles. The van der Waals surface area contributed by atoms with E-state index < -0.39 is 10.0 Å². The van der Waals surface area contributed by atoms with Crippen molar-refractivity contribution in [2.24, 2.45) is 0 Å². The Hall–Kier alpha value is -1.73. The molecule has 152 valence electrons. The van der Waals surface area contributed by atoms with Crippen molar-refractivity contribution in [1.29, 1.82) is 0 Å². The van der Waals surface area contributed by atoms with E-state index >= 15 is 0 Å². The second-order valence-corrected chi connectivity index (χ2v) is 11.2. The van der Waals surface area contributed by atoms with Crippen LogP contribution in [0.5, 0.6) is 0 Å². The van der Waals surface area contributed by atoms with E-state index in [0.717, 1.165) is 0 Å². The van der Waals surface area contributed by atoms with Crippen molar-refractivity contribution in [3.63, 3.8) is 0 Å². The molecular formula is C27H38S. The summed E-state index contributed by atoms with van der Waals surface area (Å²) in [6, 6.07) is 17.9. The van der Waals surface area contributed by atoms with Gasteiger partial charge in [-0.15, -0.1) is 0 Å². The number of benzene rings is 2. The maximum atomic E-state index is 2.54. The molecule has 0 N–H and O–H groups in total. The maximum Gasteiger partial charge on any atom is 0.0468 e. The van der Waals surface area contributed by atoms with Gasteiger partial charge in [-0.2, -0.15) is 0 Å². The van der Waals surface area contributed by atoms with Crippen molar-refractivity contribution in [2.45, 2.75) is 57.5 Å². The van der Waals surface area contributed by atoms with Crippen molar-refractivity contribution in [1.82, 2.24) is 0 Å². The van der Waals surface area contributed by atoms with E-state index in [1.54, 1.807) is 11.1 Å². The minimum Gasteiger partial charge on any atom is -0.221 e. The average Bonchev–Trinajstić information content (AvgIpc) is 3.36. The Kier molecular flexibility index (Phi) is 7.04. The van der Waals surface area contributed by atoms with Crippen LogP contribution in [0.2, 0.25) is 0 Å².